The lowest BCUT2D eigenvalue weighted by molar-refractivity contribution is 0.0876. The molecule has 0 spiro atoms. The molecule has 1 rings (SSSR count). The van der Waals surface area contributed by atoms with E-state index >= 15 is 0 Å². The van der Waals surface area contributed by atoms with Gasteiger partial charge in [-0.3, -0.25) is 4.79 Å². The number of phenols is 1. The van der Waals surface area contributed by atoms with Crippen molar-refractivity contribution in [2.75, 3.05) is 20.3 Å². The van der Waals surface area contributed by atoms with Crippen molar-refractivity contribution >= 4 is 5.91 Å². The maximum absolute atomic E-state index is 12.8. The minimum Gasteiger partial charge on any atom is -0.507 e. The number of methoxy groups -OCH3 is 1. The molecule has 0 saturated heterocycles. The van der Waals surface area contributed by atoms with E-state index in [1.807, 2.05) is 0 Å². The van der Waals surface area contributed by atoms with Crippen molar-refractivity contribution in [1.29, 1.82) is 0 Å². The zero-order valence-electron chi connectivity index (χ0n) is 10.0. The summed E-state index contributed by atoms with van der Waals surface area (Å²) in [6, 6.07) is 2.79. The van der Waals surface area contributed by atoms with Gasteiger partial charge in [0.2, 0.25) is 0 Å². The summed E-state index contributed by atoms with van der Waals surface area (Å²) in [6.07, 6.45) is 0.335. The average Bonchev–Trinajstić information content (AvgIpc) is 2.29. The molecule has 0 heterocycles. The molecule has 1 aromatic carbocycles. The summed E-state index contributed by atoms with van der Waals surface area (Å²) in [6.45, 7) is 0.151. The molecule has 0 radical (unpaired) electrons. The number of carbonyl (C=O) groups is 1. The second-order valence-corrected chi connectivity index (χ2v) is 3.80. The lowest BCUT2D eigenvalue weighted by Crippen LogP contribution is -2.38. The minimum absolute atomic E-state index is 0.0181. The number of aliphatic hydroxyl groups excluding tert-OH is 1. The molecule has 0 bridgehead atoms. The van der Waals surface area contributed by atoms with E-state index in [1.165, 1.54) is 13.2 Å². The molecule has 1 atom stereocenters. The lowest BCUT2D eigenvalue weighted by atomic mass is 10.1. The van der Waals surface area contributed by atoms with Gasteiger partial charge < -0.3 is 20.3 Å². The molecule has 0 aliphatic carbocycles. The van der Waals surface area contributed by atoms with Crippen LogP contribution in [0.5, 0.6) is 5.75 Å². The minimum atomic E-state index is -0.618. The normalized spacial score (nSPS) is 12.2. The monoisotopic (exact) mass is 257 g/mol. The first kappa shape index (κ1) is 14.4. The maximum Gasteiger partial charge on any atom is 0.255 e. The summed E-state index contributed by atoms with van der Waals surface area (Å²) in [5.41, 5.74) is -0.0181. The van der Waals surface area contributed by atoms with Crippen molar-refractivity contribution < 1.29 is 24.1 Å². The fourth-order valence-corrected chi connectivity index (χ4v) is 1.51. The van der Waals surface area contributed by atoms with Gasteiger partial charge in [0.05, 0.1) is 18.2 Å². The average molecular weight is 257 g/mol. The van der Waals surface area contributed by atoms with E-state index < -0.39 is 17.5 Å². The summed E-state index contributed by atoms with van der Waals surface area (Å²) >= 11 is 0. The molecular formula is C12H16FNO4. The molecule has 100 valence electrons. The Balaban J connectivity index is 2.73. The van der Waals surface area contributed by atoms with Crippen LogP contribution >= 0.6 is 0 Å². The van der Waals surface area contributed by atoms with Gasteiger partial charge in [-0.25, -0.2) is 4.39 Å². The van der Waals surface area contributed by atoms with Crippen molar-refractivity contribution in [2.45, 2.75) is 12.5 Å². The first-order valence-electron chi connectivity index (χ1n) is 5.47. The topological polar surface area (TPSA) is 78.8 Å². The fourth-order valence-electron chi connectivity index (χ4n) is 1.51. The van der Waals surface area contributed by atoms with Crippen molar-refractivity contribution in [3.05, 3.63) is 29.6 Å². The van der Waals surface area contributed by atoms with E-state index in [9.17, 15) is 14.3 Å². The van der Waals surface area contributed by atoms with E-state index in [0.717, 1.165) is 12.1 Å². The predicted molar refractivity (Wildman–Crippen MR) is 62.9 cm³/mol. The largest absolute Gasteiger partial charge is 0.507 e. The van der Waals surface area contributed by atoms with Crippen LogP contribution in [0.1, 0.15) is 16.8 Å². The van der Waals surface area contributed by atoms with Crippen molar-refractivity contribution in [3.63, 3.8) is 0 Å². The van der Waals surface area contributed by atoms with Crippen LogP contribution in [0.4, 0.5) is 4.39 Å². The number of benzene rings is 1. The third-order valence-electron chi connectivity index (χ3n) is 2.39. The SMILES string of the molecule is COCC(CCO)NC(=O)c1ccc(F)cc1O. The van der Waals surface area contributed by atoms with E-state index in [4.69, 9.17) is 9.84 Å². The molecule has 5 nitrogen and oxygen atoms in total. The van der Waals surface area contributed by atoms with Crippen LogP contribution in [0.2, 0.25) is 0 Å². The van der Waals surface area contributed by atoms with Gasteiger partial charge in [0.15, 0.2) is 0 Å². The number of hydrogen-bond donors (Lipinski definition) is 3. The number of hydrogen-bond acceptors (Lipinski definition) is 4. The second kappa shape index (κ2) is 6.93. The molecule has 0 aliphatic rings. The number of nitrogens with one attached hydrogen (secondary N) is 1. The Morgan fingerprint density at radius 2 is 2.28 bits per heavy atom. The highest BCUT2D eigenvalue weighted by Crippen LogP contribution is 2.18. The zero-order valence-corrected chi connectivity index (χ0v) is 10.0. The molecule has 1 amide bonds. The van der Waals surface area contributed by atoms with Crippen molar-refractivity contribution in [3.8, 4) is 5.75 Å². The predicted octanol–water partition coefficient (Wildman–Crippen LogP) is 0.658. The van der Waals surface area contributed by atoms with Gasteiger partial charge in [0.25, 0.3) is 5.91 Å². The molecular weight excluding hydrogens is 241 g/mol. The number of phenolic OH excluding ortho intramolecular Hbond substituents is 1. The molecule has 1 aromatic rings. The van der Waals surface area contributed by atoms with E-state index in [0.29, 0.717) is 6.42 Å². The Labute approximate surface area is 104 Å². The van der Waals surface area contributed by atoms with E-state index in [-0.39, 0.29) is 24.8 Å². The third-order valence-corrected chi connectivity index (χ3v) is 2.39. The van der Waals surface area contributed by atoms with Gasteiger partial charge in [0, 0.05) is 19.8 Å². The Morgan fingerprint density at radius 3 is 2.83 bits per heavy atom. The lowest BCUT2D eigenvalue weighted by Gasteiger charge is -2.17. The number of ether oxygens (including phenoxy) is 1. The number of rotatable bonds is 6. The highest BCUT2D eigenvalue weighted by molar-refractivity contribution is 5.96. The van der Waals surface area contributed by atoms with E-state index in [1.54, 1.807) is 0 Å². The molecule has 0 saturated carbocycles. The first-order chi connectivity index (χ1) is 8.58. The summed E-state index contributed by atoms with van der Waals surface area (Å²) in [4.78, 5) is 11.8. The summed E-state index contributed by atoms with van der Waals surface area (Å²) in [5.74, 6) is -1.58. The highest BCUT2D eigenvalue weighted by Gasteiger charge is 2.16. The molecule has 0 aliphatic heterocycles. The van der Waals surface area contributed by atoms with Crippen LogP contribution in [-0.4, -0.2) is 42.5 Å². The van der Waals surface area contributed by atoms with Gasteiger partial charge >= 0.3 is 0 Å². The molecule has 0 aromatic heterocycles. The van der Waals surface area contributed by atoms with Gasteiger partial charge in [0.1, 0.15) is 11.6 Å². The summed E-state index contributed by atoms with van der Waals surface area (Å²) in [7, 11) is 1.48. The third kappa shape index (κ3) is 3.97. The number of amides is 1. The van der Waals surface area contributed by atoms with Crippen LogP contribution in [0.25, 0.3) is 0 Å². The smallest absolute Gasteiger partial charge is 0.255 e. The standard InChI is InChI=1S/C12H16FNO4/c1-18-7-9(4-5-15)14-12(17)10-3-2-8(13)6-11(10)16/h2-3,6,9,15-16H,4-5,7H2,1H3,(H,14,17). The molecule has 0 fully saturated rings. The van der Waals surface area contributed by atoms with Gasteiger partial charge in [-0.05, 0) is 18.6 Å². The number of aliphatic hydroxyl groups is 1. The molecule has 18 heavy (non-hydrogen) atoms. The molecule has 3 N–H and O–H groups in total. The number of halogens is 1. The quantitative estimate of drug-likeness (QED) is 0.699. The van der Waals surface area contributed by atoms with Crippen molar-refractivity contribution in [2.24, 2.45) is 0 Å². The maximum atomic E-state index is 12.8. The van der Waals surface area contributed by atoms with Crippen molar-refractivity contribution in [1.82, 2.24) is 5.32 Å². The Hall–Kier alpha value is -1.66. The Morgan fingerprint density at radius 1 is 1.56 bits per heavy atom. The van der Waals surface area contributed by atoms with E-state index in [2.05, 4.69) is 5.32 Å². The van der Waals surface area contributed by atoms with Gasteiger partial charge in [-0.15, -0.1) is 0 Å². The van der Waals surface area contributed by atoms with Crippen LogP contribution in [0, 0.1) is 5.82 Å². The highest BCUT2D eigenvalue weighted by atomic mass is 19.1. The van der Waals surface area contributed by atoms with Crippen LogP contribution in [0.15, 0.2) is 18.2 Å². The van der Waals surface area contributed by atoms with Gasteiger partial charge in [-0.2, -0.15) is 0 Å². The van der Waals surface area contributed by atoms with Crippen LogP contribution in [-0.2, 0) is 4.74 Å². The Kier molecular flexibility index (Phi) is 5.54. The summed E-state index contributed by atoms with van der Waals surface area (Å²) in [5, 5.41) is 20.9. The molecule has 6 heteroatoms. The number of carbonyl (C=O) groups excluding carboxylic acids is 1. The fraction of sp³-hybridized carbons (Fsp3) is 0.417. The number of aromatic hydroxyl groups is 1. The summed E-state index contributed by atoms with van der Waals surface area (Å²) < 4.78 is 17.7. The molecule has 1 unspecified atom stereocenters. The van der Waals surface area contributed by atoms with Crippen LogP contribution in [0.3, 0.4) is 0 Å². The second-order valence-electron chi connectivity index (χ2n) is 3.80. The Bertz CT molecular complexity index is 405. The van der Waals surface area contributed by atoms with Gasteiger partial charge in [-0.1, -0.05) is 0 Å². The zero-order chi connectivity index (χ0) is 13.5. The van der Waals surface area contributed by atoms with Crippen LogP contribution < -0.4 is 5.32 Å². The first-order valence-corrected chi connectivity index (χ1v) is 5.47.